The third-order valence-electron chi connectivity index (χ3n) is 6.46. The molecular formula is C26H36O5. The first-order valence-corrected chi connectivity index (χ1v) is 11.3. The van der Waals surface area contributed by atoms with Crippen LogP contribution in [0.4, 0.5) is 0 Å². The number of aliphatic hydroxyl groups is 2. The number of ketones is 2. The third kappa shape index (κ3) is 5.20. The van der Waals surface area contributed by atoms with Crippen molar-refractivity contribution in [3.8, 4) is 5.75 Å². The highest BCUT2D eigenvalue weighted by Gasteiger charge is 2.48. The summed E-state index contributed by atoms with van der Waals surface area (Å²) in [6, 6.07) is 7.36. The van der Waals surface area contributed by atoms with E-state index < -0.39 is 17.9 Å². The number of carbonyl (C=O) groups is 2. The van der Waals surface area contributed by atoms with E-state index in [0.717, 1.165) is 17.7 Å². The lowest BCUT2D eigenvalue weighted by molar-refractivity contribution is -0.140. The molecule has 2 aliphatic rings. The van der Waals surface area contributed by atoms with Gasteiger partial charge in [0.25, 0.3) is 0 Å². The van der Waals surface area contributed by atoms with E-state index in [1.54, 1.807) is 0 Å². The molecule has 0 spiro atoms. The number of allylic oxidation sites excluding steroid dienone is 1. The molecule has 0 bridgehead atoms. The summed E-state index contributed by atoms with van der Waals surface area (Å²) in [6.07, 6.45) is 1.50. The Morgan fingerprint density at radius 1 is 1.00 bits per heavy atom. The largest absolute Gasteiger partial charge is 0.512 e. The standard InChI is InChI=1S/C26H36O5/c1-6-11-31-17-9-7-16(8-10-17)22(23-18(27)12-25(2,3)13-19(23)28)24-20(29)14-26(4,5)15-21(24)30/h7-10,18,22,24,27-28H,6,11-15H2,1-5H3/t18-,22-/m0/s1. The summed E-state index contributed by atoms with van der Waals surface area (Å²) in [4.78, 5) is 26.4. The Morgan fingerprint density at radius 2 is 1.58 bits per heavy atom. The van der Waals surface area contributed by atoms with Gasteiger partial charge in [0.15, 0.2) is 0 Å². The SMILES string of the molecule is CCCOc1ccc([C@@H](C2=C(O)CC(C)(C)C[C@@H]2O)C2C(=O)CC(C)(C)CC2=O)cc1. The van der Waals surface area contributed by atoms with Crippen molar-refractivity contribution in [1.82, 2.24) is 0 Å². The fraction of sp³-hybridized carbons (Fsp3) is 0.615. The first-order valence-electron chi connectivity index (χ1n) is 11.3. The lowest BCUT2D eigenvalue weighted by Gasteiger charge is -2.41. The Kier molecular flexibility index (Phi) is 6.66. The minimum absolute atomic E-state index is 0.102. The van der Waals surface area contributed by atoms with Crippen LogP contribution >= 0.6 is 0 Å². The van der Waals surface area contributed by atoms with E-state index in [1.165, 1.54) is 0 Å². The van der Waals surface area contributed by atoms with Gasteiger partial charge in [-0.15, -0.1) is 0 Å². The molecule has 5 nitrogen and oxygen atoms in total. The van der Waals surface area contributed by atoms with E-state index in [2.05, 4.69) is 0 Å². The molecular weight excluding hydrogens is 392 g/mol. The molecule has 0 saturated heterocycles. The predicted molar refractivity (Wildman–Crippen MR) is 120 cm³/mol. The maximum absolute atomic E-state index is 13.2. The molecule has 3 rings (SSSR count). The molecule has 2 N–H and O–H groups in total. The van der Waals surface area contributed by atoms with Crippen molar-refractivity contribution in [2.75, 3.05) is 6.61 Å². The number of carbonyl (C=O) groups excluding carboxylic acids is 2. The van der Waals surface area contributed by atoms with Gasteiger partial charge in [0.05, 0.1) is 24.4 Å². The van der Waals surface area contributed by atoms with Gasteiger partial charge in [0.1, 0.15) is 17.3 Å². The molecule has 170 valence electrons. The molecule has 31 heavy (non-hydrogen) atoms. The average molecular weight is 429 g/mol. The number of hydrogen-bond donors (Lipinski definition) is 2. The summed E-state index contributed by atoms with van der Waals surface area (Å²) in [5, 5.41) is 22.0. The number of hydrogen-bond acceptors (Lipinski definition) is 5. The van der Waals surface area contributed by atoms with Crippen LogP contribution in [0.5, 0.6) is 5.75 Å². The van der Waals surface area contributed by atoms with Gasteiger partial charge in [-0.1, -0.05) is 46.8 Å². The predicted octanol–water partition coefficient (Wildman–Crippen LogP) is 5.13. The number of Topliss-reactive ketones (excluding diaryl/α,β-unsaturated/α-hetero) is 2. The minimum Gasteiger partial charge on any atom is -0.512 e. The lowest BCUT2D eigenvalue weighted by Crippen LogP contribution is -2.43. The van der Waals surface area contributed by atoms with Crippen LogP contribution in [-0.2, 0) is 9.59 Å². The summed E-state index contributed by atoms with van der Waals surface area (Å²) >= 11 is 0. The molecule has 2 atom stereocenters. The van der Waals surface area contributed by atoms with Crippen molar-refractivity contribution >= 4 is 11.6 Å². The van der Waals surface area contributed by atoms with E-state index >= 15 is 0 Å². The highest BCUT2D eigenvalue weighted by molar-refractivity contribution is 6.06. The van der Waals surface area contributed by atoms with Gasteiger partial charge in [-0.3, -0.25) is 9.59 Å². The molecule has 1 fully saturated rings. The van der Waals surface area contributed by atoms with Gasteiger partial charge in [-0.2, -0.15) is 0 Å². The van der Waals surface area contributed by atoms with Gasteiger partial charge < -0.3 is 14.9 Å². The van der Waals surface area contributed by atoms with Crippen molar-refractivity contribution in [2.24, 2.45) is 16.7 Å². The van der Waals surface area contributed by atoms with Crippen molar-refractivity contribution in [3.05, 3.63) is 41.2 Å². The third-order valence-corrected chi connectivity index (χ3v) is 6.46. The quantitative estimate of drug-likeness (QED) is 0.614. The van der Waals surface area contributed by atoms with Crippen LogP contribution in [0.25, 0.3) is 0 Å². The van der Waals surface area contributed by atoms with Gasteiger partial charge in [0.2, 0.25) is 0 Å². The lowest BCUT2D eigenvalue weighted by atomic mass is 9.62. The molecule has 5 heteroatoms. The minimum atomic E-state index is -0.902. The molecule has 0 amide bonds. The number of benzene rings is 1. The summed E-state index contributed by atoms with van der Waals surface area (Å²) < 4.78 is 5.68. The Bertz CT molecular complexity index is 842. The fourth-order valence-corrected chi connectivity index (χ4v) is 5.16. The van der Waals surface area contributed by atoms with Crippen LogP contribution < -0.4 is 4.74 Å². The number of ether oxygens (including phenoxy) is 1. The summed E-state index contributed by atoms with van der Waals surface area (Å²) in [6.45, 7) is 10.5. The maximum atomic E-state index is 13.2. The van der Waals surface area contributed by atoms with Crippen LogP contribution in [0, 0.1) is 16.7 Å². The fourth-order valence-electron chi connectivity index (χ4n) is 5.16. The van der Waals surface area contributed by atoms with Crippen LogP contribution in [0.15, 0.2) is 35.6 Å². The van der Waals surface area contributed by atoms with Gasteiger partial charge in [0, 0.05) is 30.8 Å². The maximum Gasteiger partial charge on any atom is 0.144 e. The zero-order chi connectivity index (χ0) is 23.0. The van der Waals surface area contributed by atoms with Crippen molar-refractivity contribution < 1.29 is 24.5 Å². The van der Waals surface area contributed by atoms with Crippen LogP contribution in [0.2, 0.25) is 0 Å². The van der Waals surface area contributed by atoms with Crippen molar-refractivity contribution in [3.63, 3.8) is 0 Å². The highest BCUT2D eigenvalue weighted by Crippen LogP contribution is 2.48. The Morgan fingerprint density at radius 3 is 2.10 bits per heavy atom. The second-order valence-electron chi connectivity index (χ2n) is 10.8. The molecule has 0 aliphatic heterocycles. The van der Waals surface area contributed by atoms with Gasteiger partial charge >= 0.3 is 0 Å². The van der Waals surface area contributed by atoms with Crippen LogP contribution in [0.1, 0.15) is 78.2 Å². The zero-order valence-corrected chi connectivity index (χ0v) is 19.4. The smallest absolute Gasteiger partial charge is 0.144 e. The Hall–Kier alpha value is -2.14. The van der Waals surface area contributed by atoms with Crippen LogP contribution in [-0.4, -0.2) is 34.5 Å². The molecule has 0 aromatic heterocycles. The average Bonchev–Trinajstić information content (AvgIpc) is 2.62. The second-order valence-corrected chi connectivity index (χ2v) is 10.8. The van der Waals surface area contributed by atoms with E-state index in [9.17, 15) is 19.8 Å². The van der Waals surface area contributed by atoms with Gasteiger partial charge in [-0.25, -0.2) is 0 Å². The van der Waals surface area contributed by atoms with Crippen LogP contribution in [0.3, 0.4) is 0 Å². The molecule has 0 unspecified atom stereocenters. The molecule has 1 saturated carbocycles. The second kappa shape index (κ2) is 8.78. The van der Waals surface area contributed by atoms with Crippen molar-refractivity contribution in [1.29, 1.82) is 0 Å². The van der Waals surface area contributed by atoms with Crippen molar-refractivity contribution in [2.45, 2.75) is 78.7 Å². The topological polar surface area (TPSA) is 83.8 Å². The molecule has 0 heterocycles. The number of aliphatic hydroxyl groups excluding tert-OH is 2. The van der Waals surface area contributed by atoms with E-state index in [1.807, 2.05) is 58.9 Å². The molecule has 1 aromatic rings. The van der Waals surface area contributed by atoms with Gasteiger partial charge in [-0.05, 0) is 41.4 Å². The normalized spacial score (nSPS) is 24.9. The summed E-state index contributed by atoms with van der Waals surface area (Å²) in [5.74, 6) is -0.962. The van der Waals surface area contributed by atoms with E-state index in [0.29, 0.717) is 37.9 Å². The number of rotatable bonds is 6. The highest BCUT2D eigenvalue weighted by atomic mass is 16.5. The Labute approximate surface area is 185 Å². The zero-order valence-electron chi connectivity index (χ0n) is 19.4. The first kappa shape index (κ1) is 23.5. The van der Waals surface area contributed by atoms with E-state index in [-0.39, 0.29) is 28.2 Å². The summed E-state index contributed by atoms with van der Waals surface area (Å²) in [5.41, 5.74) is 0.553. The molecule has 0 radical (unpaired) electrons. The molecule has 1 aromatic carbocycles. The van der Waals surface area contributed by atoms with E-state index in [4.69, 9.17) is 4.74 Å². The monoisotopic (exact) mass is 428 g/mol. The Balaban J connectivity index is 2.07. The first-order chi connectivity index (χ1) is 14.4. The molecule has 2 aliphatic carbocycles. The summed E-state index contributed by atoms with van der Waals surface area (Å²) in [7, 11) is 0.